The molecule has 3 heteroatoms. The van der Waals surface area contributed by atoms with E-state index in [1.54, 1.807) is 0 Å². The number of anilines is 1. The second kappa shape index (κ2) is 8.26. The van der Waals surface area contributed by atoms with E-state index in [9.17, 15) is 5.26 Å². The zero-order chi connectivity index (χ0) is 14.9. The van der Waals surface area contributed by atoms with Gasteiger partial charge in [0.05, 0.1) is 17.1 Å². The number of pyridine rings is 1. The van der Waals surface area contributed by atoms with Crippen molar-refractivity contribution < 1.29 is 0 Å². The van der Waals surface area contributed by atoms with Crippen LogP contribution in [0.25, 0.3) is 10.9 Å². The first-order valence-electron chi connectivity index (χ1n) is 7.89. The van der Waals surface area contributed by atoms with Crippen LogP contribution in [-0.4, -0.2) is 11.5 Å². The second-order valence-electron chi connectivity index (χ2n) is 5.38. The average molecular weight is 281 g/mol. The second-order valence-corrected chi connectivity index (χ2v) is 5.38. The predicted octanol–water partition coefficient (Wildman–Crippen LogP) is 4.88. The van der Waals surface area contributed by atoms with Crippen molar-refractivity contribution in [1.29, 1.82) is 5.26 Å². The van der Waals surface area contributed by atoms with Gasteiger partial charge in [0, 0.05) is 11.9 Å². The quantitative estimate of drug-likeness (QED) is 0.702. The van der Waals surface area contributed by atoms with Gasteiger partial charge in [0.15, 0.2) is 0 Å². The zero-order valence-corrected chi connectivity index (χ0v) is 12.7. The molecular formula is C18H23N3. The van der Waals surface area contributed by atoms with Crippen molar-refractivity contribution in [3.05, 3.63) is 35.9 Å². The maximum absolute atomic E-state index is 9.25. The van der Waals surface area contributed by atoms with E-state index in [2.05, 4.69) is 23.3 Å². The minimum atomic E-state index is 0.686. The molecule has 0 aliphatic rings. The van der Waals surface area contributed by atoms with E-state index in [0.29, 0.717) is 5.56 Å². The summed E-state index contributed by atoms with van der Waals surface area (Å²) in [6.07, 6.45) is 7.68. The van der Waals surface area contributed by atoms with Gasteiger partial charge in [-0.15, -0.1) is 0 Å². The summed E-state index contributed by atoms with van der Waals surface area (Å²) >= 11 is 0. The SMILES string of the molecule is CCCCCCCCNc1cc(C#N)c2ccccc2n1. The molecule has 0 atom stereocenters. The Bertz CT molecular complexity index is 613. The fourth-order valence-corrected chi connectivity index (χ4v) is 2.48. The summed E-state index contributed by atoms with van der Waals surface area (Å²) in [7, 11) is 0. The number of nitrogens with one attached hydrogen (secondary N) is 1. The molecule has 1 heterocycles. The van der Waals surface area contributed by atoms with Crippen LogP contribution in [0, 0.1) is 11.3 Å². The van der Waals surface area contributed by atoms with Gasteiger partial charge in [0.25, 0.3) is 0 Å². The van der Waals surface area contributed by atoms with E-state index in [1.807, 2.05) is 30.3 Å². The van der Waals surface area contributed by atoms with Crippen LogP contribution in [0.2, 0.25) is 0 Å². The lowest BCUT2D eigenvalue weighted by Crippen LogP contribution is -2.04. The predicted molar refractivity (Wildman–Crippen MR) is 88.3 cm³/mol. The van der Waals surface area contributed by atoms with Crippen LogP contribution in [0.3, 0.4) is 0 Å². The molecule has 0 radical (unpaired) electrons. The lowest BCUT2D eigenvalue weighted by molar-refractivity contribution is 0.617. The number of hydrogen-bond acceptors (Lipinski definition) is 3. The van der Waals surface area contributed by atoms with Crippen molar-refractivity contribution in [2.24, 2.45) is 0 Å². The van der Waals surface area contributed by atoms with Crippen LogP contribution in [-0.2, 0) is 0 Å². The molecule has 1 aromatic carbocycles. The number of aromatic nitrogens is 1. The van der Waals surface area contributed by atoms with Gasteiger partial charge in [-0.1, -0.05) is 57.2 Å². The Balaban J connectivity index is 1.89. The maximum atomic E-state index is 9.25. The highest BCUT2D eigenvalue weighted by molar-refractivity contribution is 5.86. The van der Waals surface area contributed by atoms with E-state index in [-0.39, 0.29) is 0 Å². The number of unbranched alkanes of at least 4 members (excludes halogenated alkanes) is 5. The number of para-hydroxylation sites is 1. The summed E-state index contributed by atoms with van der Waals surface area (Å²) in [5.74, 6) is 0.804. The first-order chi connectivity index (χ1) is 10.3. The van der Waals surface area contributed by atoms with Crippen molar-refractivity contribution in [3.63, 3.8) is 0 Å². The third-order valence-corrected chi connectivity index (χ3v) is 3.67. The van der Waals surface area contributed by atoms with Gasteiger partial charge in [-0.3, -0.25) is 0 Å². The van der Waals surface area contributed by atoms with Crippen molar-refractivity contribution in [3.8, 4) is 6.07 Å². The van der Waals surface area contributed by atoms with E-state index in [1.165, 1.54) is 32.1 Å². The summed E-state index contributed by atoms with van der Waals surface area (Å²) in [4.78, 5) is 4.57. The highest BCUT2D eigenvalue weighted by Crippen LogP contribution is 2.20. The van der Waals surface area contributed by atoms with Crippen LogP contribution in [0.4, 0.5) is 5.82 Å². The van der Waals surface area contributed by atoms with E-state index in [0.717, 1.165) is 29.7 Å². The molecule has 2 aromatic rings. The van der Waals surface area contributed by atoms with Crippen molar-refractivity contribution in [1.82, 2.24) is 4.98 Å². The molecule has 3 nitrogen and oxygen atoms in total. The molecule has 2 rings (SSSR count). The molecule has 0 fully saturated rings. The first-order valence-corrected chi connectivity index (χ1v) is 7.89. The van der Waals surface area contributed by atoms with Crippen LogP contribution in [0.5, 0.6) is 0 Å². The Hall–Kier alpha value is -2.08. The first kappa shape index (κ1) is 15.3. The van der Waals surface area contributed by atoms with Gasteiger partial charge in [0.2, 0.25) is 0 Å². The Labute approximate surface area is 127 Å². The van der Waals surface area contributed by atoms with Gasteiger partial charge in [-0.25, -0.2) is 4.98 Å². The van der Waals surface area contributed by atoms with Gasteiger partial charge in [0.1, 0.15) is 5.82 Å². The number of hydrogen-bond donors (Lipinski definition) is 1. The molecule has 0 spiro atoms. The van der Waals surface area contributed by atoms with Gasteiger partial charge in [-0.05, 0) is 18.6 Å². The van der Waals surface area contributed by atoms with E-state index < -0.39 is 0 Å². The van der Waals surface area contributed by atoms with Gasteiger partial charge >= 0.3 is 0 Å². The van der Waals surface area contributed by atoms with Crippen molar-refractivity contribution in [2.75, 3.05) is 11.9 Å². The van der Waals surface area contributed by atoms with Crippen molar-refractivity contribution >= 4 is 16.7 Å². The Morgan fingerprint density at radius 1 is 1.10 bits per heavy atom. The molecule has 0 amide bonds. The molecule has 0 saturated heterocycles. The summed E-state index contributed by atoms with van der Waals surface area (Å²) in [5.41, 5.74) is 1.56. The highest BCUT2D eigenvalue weighted by atomic mass is 15.0. The number of benzene rings is 1. The Morgan fingerprint density at radius 2 is 1.86 bits per heavy atom. The highest BCUT2D eigenvalue weighted by Gasteiger charge is 2.04. The van der Waals surface area contributed by atoms with E-state index >= 15 is 0 Å². The molecule has 0 aliphatic heterocycles. The number of nitrogens with zero attached hydrogens (tertiary/aromatic N) is 2. The van der Waals surface area contributed by atoms with Crippen LogP contribution < -0.4 is 5.32 Å². The van der Waals surface area contributed by atoms with Gasteiger partial charge < -0.3 is 5.32 Å². The summed E-state index contributed by atoms with van der Waals surface area (Å²) in [6, 6.07) is 11.9. The molecule has 110 valence electrons. The average Bonchev–Trinajstić information content (AvgIpc) is 2.53. The molecular weight excluding hydrogens is 258 g/mol. The van der Waals surface area contributed by atoms with Crippen LogP contribution in [0.15, 0.2) is 30.3 Å². The summed E-state index contributed by atoms with van der Waals surface area (Å²) in [5, 5.41) is 13.5. The lowest BCUT2D eigenvalue weighted by atomic mass is 10.1. The Kier molecular flexibility index (Phi) is 6.02. The zero-order valence-electron chi connectivity index (χ0n) is 12.7. The molecule has 1 N–H and O–H groups in total. The fourth-order valence-electron chi connectivity index (χ4n) is 2.48. The number of fused-ring (bicyclic) bond motifs is 1. The smallest absolute Gasteiger partial charge is 0.127 e. The number of nitriles is 1. The fraction of sp³-hybridized carbons (Fsp3) is 0.444. The number of rotatable bonds is 8. The molecule has 0 bridgehead atoms. The minimum Gasteiger partial charge on any atom is -0.370 e. The third kappa shape index (κ3) is 4.46. The topological polar surface area (TPSA) is 48.7 Å². The van der Waals surface area contributed by atoms with Crippen molar-refractivity contribution in [2.45, 2.75) is 45.4 Å². The largest absolute Gasteiger partial charge is 0.370 e. The molecule has 0 aliphatic carbocycles. The van der Waals surface area contributed by atoms with Crippen LogP contribution >= 0.6 is 0 Å². The molecule has 0 unspecified atom stereocenters. The third-order valence-electron chi connectivity index (χ3n) is 3.67. The maximum Gasteiger partial charge on any atom is 0.127 e. The lowest BCUT2D eigenvalue weighted by Gasteiger charge is -2.08. The Morgan fingerprint density at radius 3 is 2.67 bits per heavy atom. The monoisotopic (exact) mass is 281 g/mol. The van der Waals surface area contributed by atoms with Gasteiger partial charge in [-0.2, -0.15) is 5.26 Å². The molecule has 0 saturated carbocycles. The molecule has 21 heavy (non-hydrogen) atoms. The summed E-state index contributed by atoms with van der Waals surface area (Å²) in [6.45, 7) is 3.15. The molecule has 1 aromatic heterocycles. The normalized spacial score (nSPS) is 10.5. The standard InChI is InChI=1S/C18H23N3/c1-2-3-4-5-6-9-12-20-18-13-15(14-19)16-10-7-8-11-17(16)21-18/h7-8,10-11,13H,2-6,9,12H2,1H3,(H,20,21). The minimum absolute atomic E-state index is 0.686. The van der Waals surface area contributed by atoms with E-state index in [4.69, 9.17) is 0 Å². The summed E-state index contributed by atoms with van der Waals surface area (Å²) < 4.78 is 0. The van der Waals surface area contributed by atoms with Crippen LogP contribution in [0.1, 0.15) is 51.0 Å².